The molecule has 0 radical (unpaired) electrons. The zero-order valence-electron chi connectivity index (χ0n) is 13.0. The number of hydrogen-bond donors (Lipinski definition) is 1. The molecule has 0 bridgehead atoms. The van der Waals surface area contributed by atoms with E-state index in [-0.39, 0.29) is 0 Å². The lowest BCUT2D eigenvalue weighted by Crippen LogP contribution is -2.37. The fourth-order valence-corrected chi connectivity index (χ4v) is 4.89. The van der Waals surface area contributed by atoms with Gasteiger partial charge in [0.2, 0.25) is 5.95 Å². The largest absolute Gasteiger partial charge is 0.382 e. The summed E-state index contributed by atoms with van der Waals surface area (Å²) in [6.07, 6.45) is 2.40. The van der Waals surface area contributed by atoms with E-state index in [9.17, 15) is 0 Å². The van der Waals surface area contributed by atoms with Gasteiger partial charge in [0.15, 0.2) is 5.82 Å². The van der Waals surface area contributed by atoms with Gasteiger partial charge in [-0.25, -0.2) is 9.97 Å². The highest BCUT2D eigenvalue weighted by atomic mass is 79.9. The Morgan fingerprint density at radius 3 is 2.78 bits per heavy atom. The van der Waals surface area contributed by atoms with Crippen LogP contribution in [0.15, 0.2) is 9.85 Å². The Labute approximate surface area is 146 Å². The third-order valence-electron chi connectivity index (χ3n) is 4.51. The van der Waals surface area contributed by atoms with E-state index < -0.39 is 0 Å². The zero-order chi connectivity index (χ0) is 16.1. The van der Waals surface area contributed by atoms with Gasteiger partial charge in [-0.3, -0.25) is 0 Å². The molecule has 0 saturated carbocycles. The van der Waals surface area contributed by atoms with E-state index in [1.807, 2.05) is 6.07 Å². The van der Waals surface area contributed by atoms with Crippen molar-refractivity contribution in [2.75, 3.05) is 30.8 Å². The molecule has 6 nitrogen and oxygen atoms in total. The predicted octanol–water partition coefficient (Wildman–Crippen LogP) is 3.14. The van der Waals surface area contributed by atoms with Crippen molar-refractivity contribution in [3.63, 3.8) is 0 Å². The second-order valence-electron chi connectivity index (χ2n) is 5.85. The summed E-state index contributed by atoms with van der Waals surface area (Å²) in [6.45, 7) is 1.89. The SMILES string of the molecule is COC1CCN(c2nc3c(N)nc4cc(Br)sc4c3n2C)CC1. The maximum atomic E-state index is 6.15. The molecule has 122 valence electrons. The number of nitrogens with zero attached hydrogens (tertiary/aromatic N) is 4. The van der Waals surface area contributed by atoms with Crippen LogP contribution >= 0.6 is 27.3 Å². The highest BCUT2D eigenvalue weighted by Crippen LogP contribution is 2.37. The normalized spacial score (nSPS) is 16.7. The Morgan fingerprint density at radius 1 is 1.35 bits per heavy atom. The molecule has 0 atom stereocenters. The molecule has 0 aliphatic carbocycles. The van der Waals surface area contributed by atoms with Crippen LogP contribution in [0.1, 0.15) is 12.8 Å². The zero-order valence-corrected chi connectivity index (χ0v) is 15.4. The number of aryl methyl sites for hydroxylation is 1. The maximum Gasteiger partial charge on any atom is 0.206 e. The smallest absolute Gasteiger partial charge is 0.206 e. The van der Waals surface area contributed by atoms with Gasteiger partial charge < -0.3 is 19.9 Å². The maximum absolute atomic E-state index is 6.15. The number of nitrogen functional groups attached to an aromatic ring is 1. The van der Waals surface area contributed by atoms with Crippen LogP contribution in [-0.4, -0.2) is 40.8 Å². The van der Waals surface area contributed by atoms with Gasteiger partial charge in [-0.2, -0.15) is 0 Å². The minimum Gasteiger partial charge on any atom is -0.382 e. The fourth-order valence-electron chi connectivity index (χ4n) is 3.29. The minimum absolute atomic E-state index is 0.354. The van der Waals surface area contributed by atoms with Crippen molar-refractivity contribution in [3.8, 4) is 0 Å². The molecule has 0 unspecified atom stereocenters. The van der Waals surface area contributed by atoms with E-state index in [2.05, 4.69) is 37.4 Å². The Kier molecular flexibility index (Phi) is 3.70. The summed E-state index contributed by atoms with van der Waals surface area (Å²) in [4.78, 5) is 11.6. The molecule has 0 spiro atoms. The lowest BCUT2D eigenvalue weighted by Gasteiger charge is -2.31. The molecule has 0 amide bonds. The lowest BCUT2D eigenvalue weighted by molar-refractivity contribution is 0.0816. The molecular weight excluding hydrogens is 378 g/mol. The molecule has 3 aromatic heterocycles. The summed E-state index contributed by atoms with van der Waals surface area (Å²) < 4.78 is 9.77. The highest BCUT2D eigenvalue weighted by molar-refractivity contribution is 9.11. The summed E-state index contributed by atoms with van der Waals surface area (Å²) in [5, 5.41) is 0. The van der Waals surface area contributed by atoms with Crippen molar-refractivity contribution in [2.24, 2.45) is 7.05 Å². The van der Waals surface area contributed by atoms with Gasteiger partial charge in [0.05, 0.1) is 25.6 Å². The van der Waals surface area contributed by atoms with E-state index in [1.165, 1.54) is 0 Å². The topological polar surface area (TPSA) is 69.2 Å². The average Bonchev–Trinajstić information content (AvgIpc) is 3.08. The number of piperidine rings is 1. The average molecular weight is 396 g/mol. The highest BCUT2D eigenvalue weighted by Gasteiger charge is 2.24. The Balaban J connectivity index is 1.84. The number of pyridine rings is 1. The molecule has 8 heteroatoms. The summed E-state index contributed by atoms with van der Waals surface area (Å²) in [5.41, 5.74) is 8.92. The molecule has 2 N–H and O–H groups in total. The number of aromatic nitrogens is 3. The predicted molar refractivity (Wildman–Crippen MR) is 98.2 cm³/mol. The molecule has 1 aliphatic rings. The first-order chi connectivity index (χ1) is 11.1. The first kappa shape index (κ1) is 15.2. The molecule has 1 aliphatic heterocycles. The monoisotopic (exact) mass is 395 g/mol. The van der Waals surface area contributed by atoms with Crippen LogP contribution in [0.4, 0.5) is 11.8 Å². The van der Waals surface area contributed by atoms with Crippen molar-refractivity contribution in [1.29, 1.82) is 0 Å². The molecule has 0 aromatic carbocycles. The van der Waals surface area contributed by atoms with Gasteiger partial charge in [-0.05, 0) is 34.8 Å². The van der Waals surface area contributed by atoms with Crippen molar-refractivity contribution in [3.05, 3.63) is 9.85 Å². The van der Waals surface area contributed by atoms with Crippen LogP contribution in [0.3, 0.4) is 0 Å². The van der Waals surface area contributed by atoms with Gasteiger partial charge in [-0.1, -0.05) is 0 Å². The van der Waals surface area contributed by atoms with Crippen molar-refractivity contribution < 1.29 is 4.74 Å². The summed E-state index contributed by atoms with van der Waals surface area (Å²) in [7, 11) is 3.84. The number of nitrogens with two attached hydrogens (primary N) is 1. The number of ether oxygens (including phenoxy) is 1. The Hall–Kier alpha value is -1.38. The van der Waals surface area contributed by atoms with Crippen LogP contribution < -0.4 is 10.6 Å². The summed E-state index contributed by atoms with van der Waals surface area (Å²) in [6, 6.07) is 2.01. The molecule has 4 heterocycles. The van der Waals surface area contributed by atoms with E-state index in [4.69, 9.17) is 15.5 Å². The Bertz CT molecular complexity index is 881. The number of anilines is 2. The Morgan fingerprint density at radius 2 is 2.09 bits per heavy atom. The summed E-state index contributed by atoms with van der Waals surface area (Å²) in [5.74, 6) is 1.45. The minimum atomic E-state index is 0.354. The third-order valence-corrected chi connectivity index (χ3v) is 6.14. The second kappa shape index (κ2) is 5.61. The summed E-state index contributed by atoms with van der Waals surface area (Å²) >= 11 is 5.21. The number of rotatable bonds is 2. The standard InChI is InChI=1S/C15H18BrN5OS/c1-20-12-11(14(17)18-9-7-10(16)23-13(9)12)19-15(20)21-5-3-8(22-2)4-6-21/h7-8H,3-6H2,1-2H3,(H2,17,18). The van der Waals surface area contributed by atoms with Gasteiger partial charge in [0, 0.05) is 27.2 Å². The molecule has 1 fully saturated rings. The number of methoxy groups -OCH3 is 1. The van der Waals surface area contributed by atoms with Crippen LogP contribution in [0.25, 0.3) is 21.3 Å². The quantitative estimate of drug-likeness (QED) is 0.721. The molecule has 3 aromatic rings. The lowest BCUT2D eigenvalue weighted by atomic mass is 10.1. The van der Waals surface area contributed by atoms with Crippen molar-refractivity contribution in [2.45, 2.75) is 18.9 Å². The van der Waals surface area contributed by atoms with Gasteiger partial charge in [0.25, 0.3) is 0 Å². The fraction of sp³-hybridized carbons (Fsp3) is 0.467. The van der Waals surface area contributed by atoms with Crippen LogP contribution in [0.2, 0.25) is 0 Å². The van der Waals surface area contributed by atoms with Crippen LogP contribution in [-0.2, 0) is 11.8 Å². The van der Waals surface area contributed by atoms with Crippen LogP contribution in [0, 0.1) is 0 Å². The number of thiophene rings is 1. The first-order valence-electron chi connectivity index (χ1n) is 7.57. The van der Waals surface area contributed by atoms with E-state index >= 15 is 0 Å². The van der Waals surface area contributed by atoms with Crippen molar-refractivity contribution in [1.82, 2.24) is 14.5 Å². The van der Waals surface area contributed by atoms with E-state index in [1.54, 1.807) is 18.4 Å². The van der Waals surface area contributed by atoms with E-state index in [0.717, 1.165) is 56.9 Å². The van der Waals surface area contributed by atoms with Gasteiger partial charge in [-0.15, -0.1) is 11.3 Å². The molecule has 1 saturated heterocycles. The third kappa shape index (κ3) is 2.40. The second-order valence-corrected chi connectivity index (χ2v) is 8.28. The number of fused-ring (bicyclic) bond motifs is 3. The molecular formula is C15H18BrN5OS. The molecule has 4 rings (SSSR count). The van der Waals surface area contributed by atoms with Crippen LogP contribution in [0.5, 0.6) is 0 Å². The number of hydrogen-bond acceptors (Lipinski definition) is 6. The van der Waals surface area contributed by atoms with Gasteiger partial charge in [0.1, 0.15) is 5.52 Å². The van der Waals surface area contributed by atoms with E-state index in [0.29, 0.717) is 11.9 Å². The first-order valence-corrected chi connectivity index (χ1v) is 9.18. The molecule has 23 heavy (non-hydrogen) atoms. The number of imidazole rings is 1. The van der Waals surface area contributed by atoms with Gasteiger partial charge >= 0.3 is 0 Å². The number of halogens is 1. The van der Waals surface area contributed by atoms with Crippen molar-refractivity contribution >= 4 is 60.3 Å².